The molecule has 2 aliphatic rings. The van der Waals surface area contributed by atoms with Crippen LogP contribution in [0.15, 0.2) is 0 Å². The molecule has 114 valence electrons. The average Bonchev–Trinajstić information content (AvgIpc) is 2.34. The molecule has 0 aliphatic carbocycles. The lowest BCUT2D eigenvalue weighted by Crippen LogP contribution is -2.56. The minimum atomic E-state index is -0.482. The van der Waals surface area contributed by atoms with Crippen LogP contribution in [0.1, 0.15) is 52.9 Å². The number of hydrogen-bond donors (Lipinski definition) is 0. The van der Waals surface area contributed by atoms with E-state index in [1.807, 2.05) is 25.7 Å². The third-order valence-corrected chi connectivity index (χ3v) is 4.11. The Balaban J connectivity index is 2.09. The van der Waals surface area contributed by atoms with E-state index in [1.54, 1.807) is 0 Å². The summed E-state index contributed by atoms with van der Waals surface area (Å²) in [6, 6.07) is 0.225. The highest BCUT2D eigenvalue weighted by Crippen LogP contribution is 2.38. The van der Waals surface area contributed by atoms with Crippen LogP contribution in [0.4, 0.5) is 4.79 Å². The fourth-order valence-corrected chi connectivity index (χ4v) is 3.35. The molecule has 5 nitrogen and oxygen atoms in total. The summed E-state index contributed by atoms with van der Waals surface area (Å²) in [4.78, 5) is 26.0. The van der Waals surface area contributed by atoms with E-state index in [0.29, 0.717) is 12.8 Å². The number of esters is 1. The predicted octanol–water partition coefficient (Wildman–Crippen LogP) is 2.73. The molecule has 2 saturated heterocycles. The van der Waals surface area contributed by atoms with Crippen molar-refractivity contribution in [2.75, 3.05) is 7.11 Å². The molecule has 5 heteroatoms. The van der Waals surface area contributed by atoms with E-state index in [9.17, 15) is 9.59 Å². The van der Waals surface area contributed by atoms with E-state index in [2.05, 4.69) is 0 Å². The molecule has 2 fully saturated rings. The number of methoxy groups -OCH3 is 1. The van der Waals surface area contributed by atoms with Crippen LogP contribution in [0.25, 0.3) is 0 Å². The van der Waals surface area contributed by atoms with E-state index in [4.69, 9.17) is 9.47 Å². The number of rotatable bonds is 1. The molecule has 0 aromatic rings. The number of carbonyl (C=O) groups excluding carboxylic acids is 2. The minimum absolute atomic E-state index is 0.0750. The van der Waals surface area contributed by atoms with Gasteiger partial charge in [-0.15, -0.1) is 0 Å². The van der Waals surface area contributed by atoms with Crippen LogP contribution in [-0.2, 0) is 14.3 Å². The summed E-state index contributed by atoms with van der Waals surface area (Å²) in [5.41, 5.74) is -0.482. The number of piperidine rings is 2. The lowest BCUT2D eigenvalue weighted by molar-refractivity contribution is -0.149. The van der Waals surface area contributed by atoms with Gasteiger partial charge in [-0.2, -0.15) is 0 Å². The van der Waals surface area contributed by atoms with Gasteiger partial charge in [0.25, 0.3) is 0 Å². The standard InChI is InChI=1S/C15H25NO4/c1-15(2,3)20-14(18)16-11-6-5-7-12(16)9-10(8-11)13(17)19-4/h10-12H,5-9H2,1-4H3. The zero-order chi connectivity index (χ0) is 14.9. The van der Waals surface area contributed by atoms with Crippen molar-refractivity contribution in [1.82, 2.24) is 4.90 Å². The first-order chi connectivity index (χ1) is 9.31. The van der Waals surface area contributed by atoms with Crippen molar-refractivity contribution in [3.05, 3.63) is 0 Å². The first-order valence-corrected chi connectivity index (χ1v) is 7.41. The van der Waals surface area contributed by atoms with Crippen molar-refractivity contribution in [2.45, 2.75) is 70.6 Å². The van der Waals surface area contributed by atoms with Gasteiger partial charge >= 0.3 is 12.1 Å². The van der Waals surface area contributed by atoms with Crippen LogP contribution in [0.2, 0.25) is 0 Å². The molecule has 20 heavy (non-hydrogen) atoms. The zero-order valence-electron chi connectivity index (χ0n) is 12.8. The molecule has 2 unspecified atom stereocenters. The number of hydrogen-bond acceptors (Lipinski definition) is 4. The van der Waals surface area contributed by atoms with Crippen molar-refractivity contribution in [2.24, 2.45) is 5.92 Å². The highest BCUT2D eigenvalue weighted by atomic mass is 16.6. The minimum Gasteiger partial charge on any atom is -0.469 e. The molecule has 0 radical (unpaired) electrons. The number of fused-ring (bicyclic) bond motifs is 2. The Labute approximate surface area is 120 Å². The van der Waals surface area contributed by atoms with E-state index in [0.717, 1.165) is 19.3 Å². The third kappa shape index (κ3) is 3.25. The van der Waals surface area contributed by atoms with E-state index < -0.39 is 5.60 Å². The molecule has 2 aliphatic heterocycles. The van der Waals surface area contributed by atoms with E-state index >= 15 is 0 Å². The largest absolute Gasteiger partial charge is 0.469 e. The number of nitrogens with zero attached hydrogens (tertiary/aromatic N) is 1. The van der Waals surface area contributed by atoms with E-state index in [-0.39, 0.29) is 30.1 Å². The number of ether oxygens (including phenoxy) is 2. The summed E-state index contributed by atoms with van der Waals surface area (Å²) in [6.07, 6.45) is 4.16. The number of amides is 1. The van der Waals surface area contributed by atoms with E-state index in [1.165, 1.54) is 7.11 Å². The van der Waals surface area contributed by atoms with Crippen molar-refractivity contribution in [1.29, 1.82) is 0 Å². The molecule has 0 aromatic carbocycles. The third-order valence-electron chi connectivity index (χ3n) is 4.11. The van der Waals surface area contributed by atoms with Gasteiger partial charge in [-0.1, -0.05) is 0 Å². The summed E-state index contributed by atoms with van der Waals surface area (Å²) >= 11 is 0. The fourth-order valence-electron chi connectivity index (χ4n) is 3.35. The maximum atomic E-state index is 12.4. The van der Waals surface area contributed by atoms with Gasteiger partial charge in [0.1, 0.15) is 5.60 Å². The highest BCUT2D eigenvalue weighted by Gasteiger charge is 2.44. The first-order valence-electron chi connectivity index (χ1n) is 7.41. The first kappa shape index (κ1) is 15.1. The van der Waals surface area contributed by atoms with Crippen molar-refractivity contribution in [3.8, 4) is 0 Å². The van der Waals surface area contributed by atoms with Crippen LogP contribution in [0.5, 0.6) is 0 Å². The molecule has 0 spiro atoms. The molecule has 1 amide bonds. The van der Waals surface area contributed by atoms with Crippen LogP contribution in [-0.4, -0.2) is 41.8 Å². The SMILES string of the molecule is COC(=O)C1CC2CCCC(C1)N2C(=O)OC(C)(C)C. The zero-order valence-corrected chi connectivity index (χ0v) is 12.8. The Hall–Kier alpha value is -1.26. The van der Waals surface area contributed by atoms with Crippen molar-refractivity contribution < 1.29 is 19.1 Å². The van der Waals surface area contributed by atoms with Gasteiger partial charge in [0.2, 0.25) is 0 Å². The fraction of sp³-hybridized carbons (Fsp3) is 0.867. The summed E-state index contributed by atoms with van der Waals surface area (Å²) in [6.45, 7) is 5.63. The van der Waals surface area contributed by atoms with Gasteiger partial charge < -0.3 is 14.4 Å². The van der Waals surface area contributed by atoms with Gasteiger partial charge in [0.15, 0.2) is 0 Å². The quantitative estimate of drug-likeness (QED) is 0.694. The Kier molecular flexibility index (Phi) is 4.25. The summed E-state index contributed by atoms with van der Waals surface area (Å²) in [7, 11) is 1.43. The summed E-state index contributed by atoms with van der Waals surface area (Å²) in [5, 5.41) is 0. The van der Waals surface area contributed by atoms with Crippen LogP contribution in [0.3, 0.4) is 0 Å². The Morgan fingerprint density at radius 2 is 1.65 bits per heavy atom. The second-order valence-corrected chi connectivity index (χ2v) is 6.82. The Bertz CT molecular complexity index is 374. The van der Waals surface area contributed by atoms with Gasteiger partial charge in [0.05, 0.1) is 13.0 Å². The Morgan fingerprint density at radius 1 is 1.10 bits per heavy atom. The van der Waals surface area contributed by atoms with Gasteiger partial charge in [-0.25, -0.2) is 4.79 Å². The lowest BCUT2D eigenvalue weighted by Gasteiger charge is -2.48. The van der Waals surface area contributed by atoms with Gasteiger partial charge in [-0.3, -0.25) is 4.79 Å². The smallest absolute Gasteiger partial charge is 0.410 e. The van der Waals surface area contributed by atoms with Crippen molar-refractivity contribution >= 4 is 12.1 Å². The molecule has 2 atom stereocenters. The highest BCUT2D eigenvalue weighted by molar-refractivity contribution is 5.74. The number of carbonyl (C=O) groups is 2. The molecule has 0 N–H and O–H groups in total. The van der Waals surface area contributed by atoms with Crippen LogP contribution >= 0.6 is 0 Å². The van der Waals surface area contributed by atoms with Crippen LogP contribution in [0, 0.1) is 5.92 Å². The predicted molar refractivity (Wildman–Crippen MR) is 74.2 cm³/mol. The Morgan fingerprint density at radius 3 is 2.10 bits per heavy atom. The van der Waals surface area contributed by atoms with Gasteiger partial charge in [-0.05, 0) is 52.9 Å². The second kappa shape index (κ2) is 5.62. The topological polar surface area (TPSA) is 55.8 Å². The average molecular weight is 283 g/mol. The van der Waals surface area contributed by atoms with Crippen molar-refractivity contribution in [3.63, 3.8) is 0 Å². The second-order valence-electron chi connectivity index (χ2n) is 6.82. The molecular formula is C15H25NO4. The normalized spacial score (nSPS) is 29.8. The molecule has 2 bridgehead atoms. The molecule has 2 rings (SSSR count). The monoisotopic (exact) mass is 283 g/mol. The summed E-state index contributed by atoms with van der Waals surface area (Å²) < 4.78 is 10.4. The maximum Gasteiger partial charge on any atom is 0.410 e. The summed E-state index contributed by atoms with van der Waals surface area (Å²) in [5.74, 6) is -0.222. The molecular weight excluding hydrogens is 258 g/mol. The molecule has 2 heterocycles. The lowest BCUT2D eigenvalue weighted by atomic mass is 9.78. The van der Waals surface area contributed by atoms with Gasteiger partial charge in [0, 0.05) is 12.1 Å². The molecule has 0 saturated carbocycles. The maximum absolute atomic E-state index is 12.4. The molecule has 0 aromatic heterocycles. The van der Waals surface area contributed by atoms with Crippen LogP contribution < -0.4 is 0 Å².